The van der Waals surface area contributed by atoms with Gasteiger partial charge in [0, 0.05) is 30.0 Å². The number of fused-ring (bicyclic) bond motifs is 5. The summed E-state index contributed by atoms with van der Waals surface area (Å²) in [7, 11) is 1.53. The standard InChI is InChI=1S/C25H31NO8/c1-11(2)23-18(33-23)19-25(34-19)22(3)8-7-12-13(14(22)9-15-24(25,32-15)21(23)29)10-30-20(12)31-17(28)6-5-16(27)26-4/h10-11,14-15,18-19,21,29H,5-9H2,1-4H3,(H,26,27)/t14-,15-,18-,19-,21+,22-,23-,24+,25+/m0/s1. The van der Waals surface area contributed by atoms with Crippen molar-refractivity contribution < 1.29 is 38.1 Å². The predicted molar refractivity (Wildman–Crippen MR) is 115 cm³/mol. The molecule has 3 aliphatic heterocycles. The molecule has 5 fully saturated rings. The van der Waals surface area contributed by atoms with E-state index in [1.807, 2.05) is 0 Å². The molecule has 1 amide bonds. The van der Waals surface area contributed by atoms with Crippen LogP contribution in [0.1, 0.15) is 63.5 Å². The molecule has 6 aliphatic rings. The Balaban J connectivity index is 1.18. The zero-order chi connectivity index (χ0) is 23.8. The molecule has 184 valence electrons. The summed E-state index contributed by atoms with van der Waals surface area (Å²) in [6.07, 6.45) is 2.99. The molecule has 9 heteroatoms. The second kappa shape index (κ2) is 6.24. The van der Waals surface area contributed by atoms with Gasteiger partial charge in [-0.25, -0.2) is 0 Å². The molecule has 2 N–H and O–H groups in total. The SMILES string of the molecule is CNC(=O)CCC(=O)Oc1occ2c1CC[C@@]1(C)[C@H]2C[C@@H]2O[C@@]23[C@H](O)[C@@]2(C(C)C)O[C@H]2[C@@H]2O[C@@]231. The number of hydrogen-bond donors (Lipinski definition) is 2. The van der Waals surface area contributed by atoms with Gasteiger partial charge in [0.25, 0.3) is 5.95 Å². The van der Waals surface area contributed by atoms with Crippen LogP contribution in [0.2, 0.25) is 0 Å². The van der Waals surface area contributed by atoms with Gasteiger partial charge in [0.05, 0.1) is 18.8 Å². The Morgan fingerprint density at radius 2 is 2.03 bits per heavy atom. The molecule has 4 heterocycles. The third-order valence-electron chi connectivity index (χ3n) is 9.99. The maximum atomic E-state index is 12.3. The van der Waals surface area contributed by atoms with Crippen molar-refractivity contribution in [3.8, 4) is 5.95 Å². The number of aliphatic hydroxyl groups is 1. The summed E-state index contributed by atoms with van der Waals surface area (Å²) in [6, 6.07) is 0. The van der Waals surface area contributed by atoms with Crippen molar-refractivity contribution in [2.45, 2.75) is 100 Å². The van der Waals surface area contributed by atoms with Crippen LogP contribution in [0.3, 0.4) is 0 Å². The van der Waals surface area contributed by atoms with Gasteiger partial charge in [-0.15, -0.1) is 0 Å². The van der Waals surface area contributed by atoms with Crippen molar-refractivity contribution in [3.63, 3.8) is 0 Å². The molecule has 2 spiro atoms. The third-order valence-corrected chi connectivity index (χ3v) is 9.99. The molecule has 3 aliphatic carbocycles. The van der Waals surface area contributed by atoms with E-state index < -0.39 is 28.9 Å². The number of furan rings is 1. The van der Waals surface area contributed by atoms with Crippen LogP contribution >= 0.6 is 0 Å². The monoisotopic (exact) mass is 473 g/mol. The molecule has 9 nitrogen and oxygen atoms in total. The van der Waals surface area contributed by atoms with Gasteiger partial charge >= 0.3 is 5.97 Å². The van der Waals surface area contributed by atoms with Crippen molar-refractivity contribution in [1.29, 1.82) is 0 Å². The Morgan fingerprint density at radius 3 is 2.76 bits per heavy atom. The highest BCUT2D eigenvalue weighted by molar-refractivity contribution is 5.81. The molecule has 0 radical (unpaired) electrons. The first-order valence-electron chi connectivity index (χ1n) is 12.4. The average molecular weight is 474 g/mol. The maximum Gasteiger partial charge on any atom is 0.314 e. The quantitative estimate of drug-likeness (QED) is 0.488. The van der Waals surface area contributed by atoms with E-state index >= 15 is 0 Å². The van der Waals surface area contributed by atoms with E-state index in [0.717, 1.165) is 24.0 Å². The molecule has 0 aromatic carbocycles. The Labute approximate surface area is 197 Å². The first-order chi connectivity index (χ1) is 16.2. The second-order valence-electron chi connectivity index (χ2n) is 11.4. The summed E-state index contributed by atoms with van der Waals surface area (Å²) in [5.41, 5.74) is -0.190. The van der Waals surface area contributed by atoms with Crippen LogP contribution in [-0.4, -0.2) is 65.2 Å². The van der Waals surface area contributed by atoms with Crippen LogP contribution in [0.25, 0.3) is 0 Å². The zero-order valence-corrected chi connectivity index (χ0v) is 19.9. The molecule has 2 saturated carbocycles. The largest absolute Gasteiger partial charge is 0.433 e. The van der Waals surface area contributed by atoms with Gasteiger partial charge in [-0.3, -0.25) is 9.59 Å². The molecule has 34 heavy (non-hydrogen) atoms. The highest BCUT2D eigenvalue weighted by Gasteiger charge is 3.00. The number of epoxide rings is 3. The fourth-order valence-corrected chi connectivity index (χ4v) is 8.12. The van der Waals surface area contributed by atoms with Gasteiger partial charge in [0.2, 0.25) is 5.91 Å². The van der Waals surface area contributed by atoms with Gasteiger partial charge in [-0.1, -0.05) is 20.8 Å². The number of esters is 1. The van der Waals surface area contributed by atoms with E-state index in [1.165, 1.54) is 7.05 Å². The van der Waals surface area contributed by atoms with Crippen molar-refractivity contribution in [3.05, 3.63) is 17.4 Å². The van der Waals surface area contributed by atoms with Crippen LogP contribution in [0, 0.1) is 11.3 Å². The fourth-order valence-electron chi connectivity index (χ4n) is 8.12. The Hall–Kier alpha value is -1.94. The number of carbonyl (C=O) groups is 2. The van der Waals surface area contributed by atoms with E-state index in [2.05, 4.69) is 26.1 Å². The summed E-state index contributed by atoms with van der Waals surface area (Å²) >= 11 is 0. The van der Waals surface area contributed by atoms with Crippen LogP contribution in [-0.2, 0) is 30.2 Å². The van der Waals surface area contributed by atoms with E-state index in [1.54, 1.807) is 6.26 Å². The molecule has 9 atom stereocenters. The average Bonchev–Trinajstić information content (AvgIpc) is 3.70. The van der Waals surface area contributed by atoms with Gasteiger partial charge in [-0.2, -0.15) is 0 Å². The van der Waals surface area contributed by atoms with E-state index in [9.17, 15) is 14.7 Å². The number of hydrogen-bond acceptors (Lipinski definition) is 8. The maximum absolute atomic E-state index is 12.3. The third kappa shape index (κ3) is 2.13. The summed E-state index contributed by atoms with van der Waals surface area (Å²) in [6.45, 7) is 6.44. The molecule has 7 rings (SSSR count). The van der Waals surface area contributed by atoms with E-state index in [-0.39, 0.29) is 60.3 Å². The predicted octanol–water partition coefficient (Wildman–Crippen LogP) is 1.59. The number of nitrogens with one attached hydrogen (secondary N) is 1. The topological polar surface area (TPSA) is 126 Å². The molecular weight excluding hydrogens is 442 g/mol. The number of aliphatic hydroxyl groups excluding tert-OH is 1. The second-order valence-corrected chi connectivity index (χ2v) is 11.4. The number of amides is 1. The van der Waals surface area contributed by atoms with Crippen LogP contribution in [0.15, 0.2) is 10.7 Å². The lowest BCUT2D eigenvalue weighted by Gasteiger charge is -2.53. The minimum Gasteiger partial charge on any atom is -0.433 e. The van der Waals surface area contributed by atoms with Crippen LogP contribution in [0.4, 0.5) is 0 Å². The molecule has 1 aromatic heterocycles. The first kappa shape index (κ1) is 21.4. The zero-order valence-electron chi connectivity index (χ0n) is 19.9. The number of carbonyl (C=O) groups excluding carboxylic acids is 2. The summed E-state index contributed by atoms with van der Waals surface area (Å²) in [4.78, 5) is 23.7. The molecule has 3 saturated heterocycles. The summed E-state index contributed by atoms with van der Waals surface area (Å²) < 4.78 is 30.4. The summed E-state index contributed by atoms with van der Waals surface area (Å²) in [5.74, 6) is -0.198. The number of ether oxygens (including phenoxy) is 4. The lowest BCUT2D eigenvalue weighted by atomic mass is 9.47. The van der Waals surface area contributed by atoms with Gasteiger partial charge < -0.3 is 33.8 Å². The van der Waals surface area contributed by atoms with Crippen molar-refractivity contribution >= 4 is 11.9 Å². The van der Waals surface area contributed by atoms with Gasteiger partial charge in [0.1, 0.15) is 29.5 Å². The fraction of sp³-hybridized carbons (Fsp3) is 0.760. The molecule has 0 bridgehead atoms. The lowest BCUT2D eigenvalue weighted by Crippen LogP contribution is -2.68. The Kier molecular flexibility index (Phi) is 3.92. The van der Waals surface area contributed by atoms with Crippen molar-refractivity contribution in [2.24, 2.45) is 11.3 Å². The number of rotatable bonds is 5. The summed E-state index contributed by atoms with van der Waals surface area (Å²) in [5, 5.41) is 14.1. The Bertz CT molecular complexity index is 1110. The minimum absolute atomic E-state index is 0.00969. The van der Waals surface area contributed by atoms with E-state index in [0.29, 0.717) is 6.42 Å². The molecular formula is C25H31NO8. The van der Waals surface area contributed by atoms with E-state index in [4.69, 9.17) is 23.4 Å². The van der Waals surface area contributed by atoms with Crippen molar-refractivity contribution in [1.82, 2.24) is 5.32 Å². The van der Waals surface area contributed by atoms with Crippen LogP contribution in [0.5, 0.6) is 5.95 Å². The van der Waals surface area contributed by atoms with Gasteiger partial charge in [-0.05, 0) is 31.1 Å². The smallest absolute Gasteiger partial charge is 0.314 e. The normalized spacial score (nSPS) is 48.4. The highest BCUT2D eigenvalue weighted by atomic mass is 16.7. The Morgan fingerprint density at radius 1 is 1.24 bits per heavy atom. The highest BCUT2D eigenvalue weighted by Crippen LogP contribution is 2.83. The van der Waals surface area contributed by atoms with Gasteiger partial charge in [0.15, 0.2) is 5.60 Å². The van der Waals surface area contributed by atoms with Crippen LogP contribution < -0.4 is 10.1 Å². The molecule has 1 aromatic rings. The molecule has 0 unspecified atom stereocenters. The lowest BCUT2D eigenvalue weighted by molar-refractivity contribution is -0.137. The first-order valence-corrected chi connectivity index (χ1v) is 12.4. The minimum atomic E-state index is -0.714. The van der Waals surface area contributed by atoms with Crippen molar-refractivity contribution in [2.75, 3.05) is 7.05 Å².